The second kappa shape index (κ2) is 11.2. The Bertz CT molecular complexity index is 682. The van der Waals surface area contributed by atoms with Crippen LogP contribution < -0.4 is 4.74 Å². The van der Waals surface area contributed by atoms with E-state index in [1.54, 1.807) is 0 Å². The summed E-state index contributed by atoms with van der Waals surface area (Å²) in [4.78, 5) is 0. The van der Waals surface area contributed by atoms with Crippen molar-refractivity contribution in [2.24, 2.45) is 23.7 Å². The van der Waals surface area contributed by atoms with Gasteiger partial charge in [0.1, 0.15) is 11.6 Å². The van der Waals surface area contributed by atoms with Gasteiger partial charge in [0, 0.05) is 12.3 Å². The Kier molecular flexibility index (Phi) is 8.85. The van der Waals surface area contributed by atoms with Crippen LogP contribution in [-0.2, 0) is 0 Å². The van der Waals surface area contributed by atoms with Crippen LogP contribution in [0.15, 0.2) is 24.3 Å². The van der Waals surface area contributed by atoms with Crippen molar-refractivity contribution in [1.29, 1.82) is 0 Å². The highest BCUT2D eigenvalue weighted by Crippen LogP contribution is 2.45. The minimum Gasteiger partial charge on any atom is -0.432 e. The number of alkyl halides is 4. The van der Waals surface area contributed by atoms with Crippen molar-refractivity contribution in [3.63, 3.8) is 0 Å². The molecule has 1 nitrogen and oxygen atoms in total. The van der Waals surface area contributed by atoms with Gasteiger partial charge in [-0.05, 0) is 81.0 Å². The first-order valence-corrected chi connectivity index (χ1v) is 12.4. The molecule has 0 N–H and O–H groups in total. The smallest absolute Gasteiger partial charge is 0.400 e. The predicted octanol–water partition coefficient (Wildman–Crippen LogP) is 9.02. The van der Waals surface area contributed by atoms with Gasteiger partial charge < -0.3 is 4.74 Å². The van der Waals surface area contributed by atoms with E-state index in [4.69, 9.17) is 4.74 Å². The fourth-order valence-corrected chi connectivity index (χ4v) is 5.65. The van der Waals surface area contributed by atoms with Crippen molar-refractivity contribution >= 4 is 0 Å². The Hall–Kier alpha value is -1.33. The molecule has 182 valence electrons. The highest BCUT2D eigenvalue weighted by atomic mass is 19.3. The molecule has 2 aliphatic carbocycles. The molecule has 0 radical (unpaired) electrons. The van der Waals surface area contributed by atoms with E-state index in [9.17, 15) is 22.0 Å². The monoisotopic (exact) mass is 460 g/mol. The number of rotatable bonds is 10. The molecule has 0 saturated heterocycles. The van der Waals surface area contributed by atoms with E-state index in [-0.39, 0.29) is 18.1 Å². The number of hydrogen-bond acceptors (Lipinski definition) is 1. The van der Waals surface area contributed by atoms with Crippen molar-refractivity contribution < 1.29 is 26.7 Å². The molecule has 2 unspecified atom stereocenters. The topological polar surface area (TPSA) is 9.23 Å². The lowest BCUT2D eigenvalue weighted by Gasteiger charge is -2.36. The minimum atomic E-state index is -3.26. The van der Waals surface area contributed by atoms with Gasteiger partial charge in [-0.2, -0.15) is 8.78 Å². The molecule has 2 fully saturated rings. The average molecular weight is 461 g/mol. The van der Waals surface area contributed by atoms with Crippen molar-refractivity contribution in [2.45, 2.75) is 102 Å². The molecule has 2 aliphatic rings. The summed E-state index contributed by atoms with van der Waals surface area (Å²) >= 11 is 0. The van der Waals surface area contributed by atoms with Gasteiger partial charge in [-0.1, -0.05) is 39.0 Å². The molecule has 0 aromatic heterocycles. The molecule has 1 aromatic rings. The molecule has 0 heterocycles. The molecule has 0 bridgehead atoms. The first-order valence-electron chi connectivity index (χ1n) is 12.4. The number of benzene rings is 1. The van der Waals surface area contributed by atoms with Crippen LogP contribution in [0, 0.1) is 29.5 Å². The van der Waals surface area contributed by atoms with E-state index < -0.39 is 29.7 Å². The van der Waals surface area contributed by atoms with Crippen molar-refractivity contribution in [2.75, 3.05) is 0 Å². The first kappa shape index (κ1) is 25.3. The van der Waals surface area contributed by atoms with Crippen LogP contribution in [0.3, 0.4) is 0 Å². The van der Waals surface area contributed by atoms with Gasteiger partial charge in [0.2, 0.25) is 0 Å². The van der Waals surface area contributed by atoms with E-state index in [1.807, 2.05) is 6.92 Å². The Morgan fingerprint density at radius 3 is 2.06 bits per heavy atom. The highest BCUT2D eigenvalue weighted by molar-refractivity contribution is 5.22. The fraction of sp³-hybridized carbons (Fsp3) is 0.769. The van der Waals surface area contributed by atoms with Crippen LogP contribution in [0.5, 0.6) is 5.75 Å². The zero-order valence-corrected chi connectivity index (χ0v) is 19.1. The standard InChI is InChI=1S/C26H37F5O/c1-2-5-21-11-10-20(18-25(21,28)29)7-4-3-6-19-8-12-22(13-9-19)26(30,31)32-24-16-14-23(27)15-17-24/h14-17,19-22H,2-13,18H2,1H3. The van der Waals surface area contributed by atoms with E-state index in [1.165, 1.54) is 12.1 Å². The number of ether oxygens (including phenoxy) is 1. The highest BCUT2D eigenvalue weighted by Gasteiger charge is 2.45. The van der Waals surface area contributed by atoms with E-state index in [0.29, 0.717) is 31.6 Å². The molecule has 6 heteroatoms. The maximum absolute atomic E-state index is 14.5. The first-order chi connectivity index (χ1) is 15.2. The van der Waals surface area contributed by atoms with Gasteiger partial charge in [0.25, 0.3) is 5.92 Å². The lowest BCUT2D eigenvalue weighted by Crippen LogP contribution is -2.37. The van der Waals surface area contributed by atoms with Crippen LogP contribution in [-0.4, -0.2) is 12.0 Å². The molecule has 2 saturated carbocycles. The zero-order chi connectivity index (χ0) is 23.2. The molecule has 0 aliphatic heterocycles. The van der Waals surface area contributed by atoms with Gasteiger partial charge in [-0.3, -0.25) is 0 Å². The van der Waals surface area contributed by atoms with Gasteiger partial charge in [0.15, 0.2) is 0 Å². The number of unbranched alkanes of at least 4 members (excludes halogenated alkanes) is 1. The number of hydrogen-bond donors (Lipinski definition) is 0. The van der Waals surface area contributed by atoms with E-state index >= 15 is 0 Å². The molecular formula is C26H37F5O. The van der Waals surface area contributed by atoms with Crippen molar-refractivity contribution in [3.8, 4) is 5.75 Å². The van der Waals surface area contributed by atoms with Crippen LogP contribution >= 0.6 is 0 Å². The fourth-order valence-electron chi connectivity index (χ4n) is 5.65. The summed E-state index contributed by atoms with van der Waals surface area (Å²) in [5.41, 5.74) is 0. The SMILES string of the molecule is CCCC1CCC(CCCCC2CCC(C(F)(F)Oc3ccc(F)cc3)CC2)CC1(F)F. The quantitative estimate of drug-likeness (QED) is 0.250. The summed E-state index contributed by atoms with van der Waals surface area (Å²) in [6, 6.07) is 4.67. The zero-order valence-electron chi connectivity index (χ0n) is 19.1. The summed E-state index contributed by atoms with van der Waals surface area (Å²) in [5.74, 6) is -3.75. The van der Waals surface area contributed by atoms with Crippen LogP contribution in [0.1, 0.15) is 90.4 Å². The van der Waals surface area contributed by atoms with Gasteiger partial charge in [-0.25, -0.2) is 13.2 Å². The Morgan fingerprint density at radius 1 is 0.875 bits per heavy atom. The van der Waals surface area contributed by atoms with E-state index in [2.05, 4.69) is 0 Å². The van der Waals surface area contributed by atoms with Crippen molar-refractivity contribution in [3.05, 3.63) is 30.1 Å². The van der Waals surface area contributed by atoms with Crippen LogP contribution in [0.4, 0.5) is 22.0 Å². The van der Waals surface area contributed by atoms with Gasteiger partial charge >= 0.3 is 6.11 Å². The molecular weight excluding hydrogens is 423 g/mol. The molecule has 32 heavy (non-hydrogen) atoms. The average Bonchev–Trinajstić information content (AvgIpc) is 2.75. The molecule has 3 rings (SSSR count). The maximum atomic E-state index is 14.5. The van der Waals surface area contributed by atoms with Crippen LogP contribution in [0.2, 0.25) is 0 Å². The summed E-state index contributed by atoms with van der Waals surface area (Å²) in [6.45, 7) is 1.97. The van der Waals surface area contributed by atoms with Crippen LogP contribution in [0.25, 0.3) is 0 Å². The largest absolute Gasteiger partial charge is 0.432 e. The summed E-state index contributed by atoms with van der Waals surface area (Å²) in [7, 11) is 0. The summed E-state index contributed by atoms with van der Waals surface area (Å²) in [5, 5.41) is 0. The molecule has 1 aromatic carbocycles. The van der Waals surface area contributed by atoms with Crippen molar-refractivity contribution in [1.82, 2.24) is 0 Å². The molecule has 2 atom stereocenters. The Balaban J connectivity index is 1.33. The second-order valence-electron chi connectivity index (χ2n) is 10.0. The third-order valence-corrected chi connectivity index (χ3v) is 7.58. The summed E-state index contributed by atoms with van der Waals surface area (Å²) < 4.78 is 75.4. The van der Waals surface area contributed by atoms with Gasteiger partial charge in [-0.15, -0.1) is 0 Å². The minimum absolute atomic E-state index is 0.0205. The summed E-state index contributed by atoms with van der Waals surface area (Å²) in [6.07, 6.45) is 5.84. The normalized spacial score (nSPS) is 28.4. The Morgan fingerprint density at radius 2 is 1.47 bits per heavy atom. The Labute approximate surface area is 189 Å². The third-order valence-electron chi connectivity index (χ3n) is 7.58. The molecule has 0 spiro atoms. The van der Waals surface area contributed by atoms with E-state index in [0.717, 1.165) is 63.5 Å². The second-order valence-corrected chi connectivity index (χ2v) is 10.0. The third kappa shape index (κ3) is 7.08. The lowest BCUT2D eigenvalue weighted by molar-refractivity contribution is -0.223. The maximum Gasteiger partial charge on any atom is 0.400 e. The lowest BCUT2D eigenvalue weighted by atomic mass is 9.75. The number of halogens is 5. The molecule has 0 amide bonds. The van der Waals surface area contributed by atoms with Gasteiger partial charge in [0.05, 0.1) is 5.92 Å². The predicted molar refractivity (Wildman–Crippen MR) is 117 cm³/mol.